The van der Waals surface area contributed by atoms with Crippen LogP contribution in [0.15, 0.2) is 24.3 Å². The predicted molar refractivity (Wildman–Crippen MR) is 82.0 cm³/mol. The maximum absolute atomic E-state index is 12.5. The van der Waals surface area contributed by atoms with E-state index < -0.39 is 0 Å². The average Bonchev–Trinajstić information content (AvgIpc) is 2.80. The lowest BCUT2D eigenvalue weighted by Crippen LogP contribution is -2.38. The topological polar surface area (TPSA) is 59.1 Å². The summed E-state index contributed by atoms with van der Waals surface area (Å²) in [6.45, 7) is 2.49. The summed E-state index contributed by atoms with van der Waals surface area (Å²) in [7, 11) is 3.10. The van der Waals surface area contributed by atoms with E-state index >= 15 is 0 Å². The number of ether oxygens (including phenoxy) is 2. The summed E-state index contributed by atoms with van der Waals surface area (Å²) in [5.41, 5.74) is 0.637. The molecule has 1 aromatic rings. The Kier molecular flexibility index (Phi) is 5.77. The Hall–Kier alpha value is -2.08. The van der Waals surface area contributed by atoms with Gasteiger partial charge in [-0.3, -0.25) is 9.59 Å². The zero-order valence-electron chi connectivity index (χ0n) is 13.1. The molecule has 0 aliphatic carbocycles. The Morgan fingerprint density at radius 1 is 1.00 bits per heavy atom. The van der Waals surface area contributed by atoms with Crippen LogP contribution in [0.2, 0.25) is 0 Å². The number of carbonyl (C=O) groups is 2. The summed E-state index contributed by atoms with van der Waals surface area (Å²) in [5.74, 6) is 0.689. The van der Waals surface area contributed by atoms with E-state index in [9.17, 15) is 9.59 Å². The molecule has 1 heterocycles. The summed E-state index contributed by atoms with van der Waals surface area (Å²) in [6, 6.07) is 7.08. The molecule has 0 bridgehead atoms. The molecule has 22 heavy (non-hydrogen) atoms. The summed E-state index contributed by atoms with van der Waals surface area (Å²) in [6.07, 6.45) is 0.775. The molecule has 0 aromatic heterocycles. The first kappa shape index (κ1) is 16.3. The van der Waals surface area contributed by atoms with Gasteiger partial charge in [-0.1, -0.05) is 0 Å². The van der Waals surface area contributed by atoms with Crippen molar-refractivity contribution < 1.29 is 19.1 Å². The molecule has 0 unspecified atom stereocenters. The van der Waals surface area contributed by atoms with Gasteiger partial charge in [0.1, 0.15) is 12.4 Å². The first-order valence-electron chi connectivity index (χ1n) is 7.35. The van der Waals surface area contributed by atoms with Gasteiger partial charge in [-0.2, -0.15) is 0 Å². The summed E-state index contributed by atoms with van der Waals surface area (Å²) >= 11 is 0. The van der Waals surface area contributed by atoms with Crippen LogP contribution in [-0.2, 0) is 9.53 Å². The molecular formula is C16H22N2O4. The van der Waals surface area contributed by atoms with Crippen LogP contribution < -0.4 is 4.74 Å². The Morgan fingerprint density at radius 2 is 1.64 bits per heavy atom. The van der Waals surface area contributed by atoms with Gasteiger partial charge in [0.15, 0.2) is 0 Å². The van der Waals surface area contributed by atoms with Crippen molar-refractivity contribution in [3.05, 3.63) is 29.8 Å². The van der Waals surface area contributed by atoms with Crippen LogP contribution in [0.4, 0.5) is 0 Å². The number of rotatable bonds is 4. The highest BCUT2D eigenvalue weighted by Crippen LogP contribution is 2.14. The second-order valence-corrected chi connectivity index (χ2v) is 5.19. The van der Waals surface area contributed by atoms with E-state index in [0.29, 0.717) is 31.7 Å². The van der Waals surface area contributed by atoms with Gasteiger partial charge in [0.05, 0.1) is 7.11 Å². The average molecular weight is 306 g/mol. The van der Waals surface area contributed by atoms with Gasteiger partial charge in [-0.15, -0.1) is 0 Å². The Labute approximate surface area is 130 Å². The van der Waals surface area contributed by atoms with Crippen molar-refractivity contribution in [2.45, 2.75) is 6.42 Å². The molecular weight excluding hydrogens is 284 g/mol. The van der Waals surface area contributed by atoms with Gasteiger partial charge in [-0.25, -0.2) is 0 Å². The number of hydrogen-bond donors (Lipinski definition) is 0. The first-order valence-corrected chi connectivity index (χ1v) is 7.35. The third-order valence-corrected chi connectivity index (χ3v) is 3.74. The van der Waals surface area contributed by atoms with Crippen LogP contribution >= 0.6 is 0 Å². The molecule has 0 N–H and O–H groups in total. The number of carbonyl (C=O) groups excluding carboxylic acids is 2. The van der Waals surface area contributed by atoms with Gasteiger partial charge >= 0.3 is 0 Å². The quantitative estimate of drug-likeness (QED) is 0.833. The van der Waals surface area contributed by atoms with E-state index in [1.165, 1.54) is 7.11 Å². The molecule has 0 spiro atoms. The van der Waals surface area contributed by atoms with Gasteiger partial charge in [0, 0.05) is 38.9 Å². The number of methoxy groups -OCH3 is 2. The Bertz CT molecular complexity index is 515. The Balaban J connectivity index is 1.97. The highest BCUT2D eigenvalue weighted by Gasteiger charge is 2.22. The number of amides is 2. The molecule has 1 aliphatic heterocycles. The number of benzene rings is 1. The van der Waals surface area contributed by atoms with Crippen molar-refractivity contribution in [3.8, 4) is 5.75 Å². The molecule has 2 rings (SSSR count). The van der Waals surface area contributed by atoms with Gasteiger partial charge in [0.25, 0.3) is 5.91 Å². The smallest absolute Gasteiger partial charge is 0.253 e. The summed E-state index contributed by atoms with van der Waals surface area (Å²) in [5, 5.41) is 0. The number of nitrogens with zero attached hydrogens (tertiary/aromatic N) is 2. The van der Waals surface area contributed by atoms with Crippen molar-refractivity contribution in [1.29, 1.82) is 0 Å². The van der Waals surface area contributed by atoms with Crippen LogP contribution in [0.1, 0.15) is 16.8 Å². The second-order valence-electron chi connectivity index (χ2n) is 5.19. The summed E-state index contributed by atoms with van der Waals surface area (Å²) < 4.78 is 9.98. The highest BCUT2D eigenvalue weighted by molar-refractivity contribution is 5.94. The lowest BCUT2D eigenvalue weighted by molar-refractivity contribution is -0.135. The predicted octanol–water partition coefficient (Wildman–Crippen LogP) is 1.02. The molecule has 120 valence electrons. The molecule has 1 saturated heterocycles. The zero-order valence-corrected chi connectivity index (χ0v) is 13.1. The molecule has 6 heteroatoms. The molecule has 1 aliphatic rings. The van der Waals surface area contributed by atoms with E-state index in [2.05, 4.69) is 0 Å². The van der Waals surface area contributed by atoms with E-state index in [1.807, 2.05) is 0 Å². The fourth-order valence-electron chi connectivity index (χ4n) is 2.50. The van der Waals surface area contributed by atoms with Crippen LogP contribution in [0.3, 0.4) is 0 Å². The lowest BCUT2D eigenvalue weighted by atomic mass is 10.2. The maximum Gasteiger partial charge on any atom is 0.253 e. The minimum absolute atomic E-state index is 0.0105. The van der Waals surface area contributed by atoms with Crippen LogP contribution in [0.25, 0.3) is 0 Å². The SMILES string of the molecule is COCC(=O)N1CCCN(C(=O)c2ccc(OC)cc2)CC1. The van der Waals surface area contributed by atoms with Crippen molar-refractivity contribution in [2.75, 3.05) is 47.0 Å². The highest BCUT2D eigenvalue weighted by atomic mass is 16.5. The molecule has 6 nitrogen and oxygen atoms in total. The van der Waals surface area contributed by atoms with Crippen molar-refractivity contribution in [1.82, 2.24) is 9.80 Å². The van der Waals surface area contributed by atoms with Gasteiger partial charge in [-0.05, 0) is 30.7 Å². The van der Waals surface area contributed by atoms with E-state index in [0.717, 1.165) is 12.2 Å². The molecule has 0 saturated carbocycles. The van der Waals surface area contributed by atoms with Crippen molar-refractivity contribution in [3.63, 3.8) is 0 Å². The molecule has 2 amide bonds. The number of hydrogen-bond acceptors (Lipinski definition) is 4. The van der Waals surface area contributed by atoms with Crippen molar-refractivity contribution in [2.24, 2.45) is 0 Å². The van der Waals surface area contributed by atoms with E-state index in [-0.39, 0.29) is 18.4 Å². The third kappa shape index (κ3) is 3.98. The van der Waals surface area contributed by atoms with E-state index in [4.69, 9.17) is 9.47 Å². The largest absolute Gasteiger partial charge is 0.497 e. The normalized spacial score (nSPS) is 15.4. The van der Waals surface area contributed by atoms with Gasteiger partial charge < -0.3 is 19.3 Å². The molecule has 1 aromatic carbocycles. The van der Waals surface area contributed by atoms with Crippen molar-refractivity contribution >= 4 is 11.8 Å². The first-order chi connectivity index (χ1) is 10.7. The minimum atomic E-state index is -0.0266. The molecule has 0 atom stereocenters. The fraction of sp³-hybridized carbons (Fsp3) is 0.500. The van der Waals surface area contributed by atoms with Crippen LogP contribution in [0.5, 0.6) is 5.75 Å². The van der Waals surface area contributed by atoms with Crippen LogP contribution in [-0.4, -0.2) is 68.6 Å². The fourth-order valence-corrected chi connectivity index (χ4v) is 2.50. The third-order valence-electron chi connectivity index (χ3n) is 3.74. The standard InChI is InChI=1S/C16H22N2O4/c1-21-12-15(19)17-8-3-9-18(11-10-17)16(20)13-4-6-14(22-2)7-5-13/h4-7H,3,8-12H2,1-2H3. The molecule has 0 radical (unpaired) electrons. The Morgan fingerprint density at radius 3 is 2.27 bits per heavy atom. The second kappa shape index (κ2) is 7.79. The lowest BCUT2D eigenvalue weighted by Gasteiger charge is -2.22. The van der Waals surface area contributed by atoms with Crippen LogP contribution in [0, 0.1) is 0 Å². The minimum Gasteiger partial charge on any atom is -0.497 e. The van der Waals surface area contributed by atoms with Gasteiger partial charge in [0.2, 0.25) is 5.91 Å². The summed E-state index contributed by atoms with van der Waals surface area (Å²) in [4.78, 5) is 27.9. The molecule has 1 fully saturated rings. The van der Waals surface area contributed by atoms with E-state index in [1.54, 1.807) is 41.2 Å². The monoisotopic (exact) mass is 306 g/mol. The maximum atomic E-state index is 12.5. The zero-order chi connectivity index (χ0) is 15.9.